The summed E-state index contributed by atoms with van der Waals surface area (Å²) in [5, 5.41) is 8.82. The maximum atomic E-state index is 11.8. The lowest BCUT2D eigenvalue weighted by Crippen LogP contribution is -2.65. The molecule has 0 radical (unpaired) electrons. The van der Waals surface area contributed by atoms with Crippen molar-refractivity contribution in [3.8, 4) is 0 Å². The van der Waals surface area contributed by atoms with E-state index in [0.29, 0.717) is 67.2 Å². The third-order valence-corrected chi connectivity index (χ3v) is 15.0. The van der Waals surface area contributed by atoms with Crippen molar-refractivity contribution in [1.82, 2.24) is 33.5 Å². The van der Waals surface area contributed by atoms with E-state index in [9.17, 15) is 16.8 Å². The van der Waals surface area contributed by atoms with Crippen LogP contribution in [0.2, 0.25) is 0 Å². The van der Waals surface area contributed by atoms with Crippen LogP contribution in [-0.2, 0) is 25.6 Å². The summed E-state index contributed by atoms with van der Waals surface area (Å²) in [5.41, 5.74) is 1.88. The minimum absolute atomic E-state index is 0.0947. The van der Waals surface area contributed by atoms with Gasteiger partial charge in [-0.1, -0.05) is 40.5 Å². The van der Waals surface area contributed by atoms with Gasteiger partial charge in [0.2, 0.25) is 33.1 Å². The van der Waals surface area contributed by atoms with Gasteiger partial charge in [0.25, 0.3) is 0 Å². The first-order valence-electron chi connectivity index (χ1n) is 19.8. The molecule has 0 unspecified atom stereocenters. The summed E-state index contributed by atoms with van der Waals surface area (Å²) in [4.78, 5) is 9.48. The molecule has 3 fully saturated rings. The average Bonchev–Trinajstić information content (AvgIpc) is 3.92. The minimum Gasteiger partial charge on any atom is -0.315 e. The minimum atomic E-state index is -3.18. The molecule has 3 heterocycles. The Morgan fingerprint density at radius 1 is 0.889 bits per heavy atom. The van der Waals surface area contributed by atoms with Crippen LogP contribution in [0, 0.1) is 25.0 Å². The first kappa shape index (κ1) is 45.6. The molecule has 1 atom stereocenters. The normalized spacial score (nSPS) is 21.2. The van der Waals surface area contributed by atoms with Gasteiger partial charge in [-0.2, -0.15) is 14.5 Å². The van der Waals surface area contributed by atoms with Crippen LogP contribution in [0.25, 0.3) is 9.69 Å². The molecule has 54 heavy (non-hydrogen) atoms. The molecule has 1 N–H and O–H groups in total. The summed E-state index contributed by atoms with van der Waals surface area (Å²) in [6.07, 6.45) is 17.3. The largest absolute Gasteiger partial charge is 0.315 e. The second kappa shape index (κ2) is 20.4. The van der Waals surface area contributed by atoms with E-state index in [1.54, 1.807) is 17.8 Å². The predicted octanol–water partition coefficient (Wildman–Crippen LogP) is 6.38. The van der Waals surface area contributed by atoms with Crippen molar-refractivity contribution in [3.05, 3.63) is 58.7 Å². The van der Waals surface area contributed by atoms with E-state index in [0.717, 1.165) is 31.2 Å². The molecule has 304 valence electrons. The van der Waals surface area contributed by atoms with Crippen molar-refractivity contribution in [2.45, 2.75) is 135 Å². The second-order valence-electron chi connectivity index (χ2n) is 16.4. The van der Waals surface area contributed by atoms with Crippen LogP contribution in [0.1, 0.15) is 129 Å². The van der Waals surface area contributed by atoms with Crippen molar-refractivity contribution in [2.75, 3.05) is 51.8 Å². The molecule has 0 spiro atoms. The Labute approximate surface area is 327 Å². The molecule has 2 saturated carbocycles. The van der Waals surface area contributed by atoms with Crippen LogP contribution in [0.15, 0.2) is 24.8 Å². The molecule has 1 aliphatic heterocycles. The van der Waals surface area contributed by atoms with Gasteiger partial charge in [-0.15, -0.1) is 0 Å². The Morgan fingerprint density at radius 2 is 1.46 bits per heavy atom. The van der Waals surface area contributed by atoms with Crippen LogP contribution in [0.3, 0.4) is 0 Å². The van der Waals surface area contributed by atoms with Crippen LogP contribution in [0.4, 0.5) is 0 Å². The van der Waals surface area contributed by atoms with Gasteiger partial charge in [0.1, 0.15) is 6.04 Å². The molecule has 0 aromatic carbocycles. The number of rotatable bonds is 14. The summed E-state index contributed by atoms with van der Waals surface area (Å²) in [6.45, 7) is 30.3. The lowest BCUT2D eigenvalue weighted by molar-refractivity contribution is 0.0833. The van der Waals surface area contributed by atoms with Crippen molar-refractivity contribution < 1.29 is 16.8 Å². The number of nitrogens with one attached hydrogen (secondary N) is 1. The average molecular weight is 790 g/mol. The van der Waals surface area contributed by atoms with Crippen LogP contribution in [-0.4, -0.2) is 109 Å². The van der Waals surface area contributed by atoms with Gasteiger partial charge in [-0.3, -0.25) is 9.36 Å². The molecule has 3 aliphatic rings. The first-order chi connectivity index (χ1) is 25.4. The molecule has 2 aromatic rings. The summed E-state index contributed by atoms with van der Waals surface area (Å²) in [7, 11) is -2.56. The fourth-order valence-electron chi connectivity index (χ4n) is 7.60. The van der Waals surface area contributed by atoms with Gasteiger partial charge >= 0.3 is 0 Å². The first-order valence-corrected chi connectivity index (χ1v) is 23.0. The number of sulfonamides is 2. The fraction of sp³-hybridized carbons (Fsp3) is 0.795. The SMILES string of the molecule is CNS(=O)(=O)CC1CCC(N(C)C(C)C)CC1.[C-]#[N+]CC1(n2cc(C(C)C)cn2)CN(S(=O)(=O)CC)C1.[C-]#[N+]C[C@H](C1CCCC1)n1cc(C(C)C)cn1. The van der Waals surface area contributed by atoms with Crippen molar-refractivity contribution >= 4 is 20.0 Å². The van der Waals surface area contributed by atoms with Gasteiger partial charge in [0.05, 0.1) is 23.9 Å². The molecule has 2 aromatic heterocycles. The van der Waals surface area contributed by atoms with Crippen molar-refractivity contribution in [1.29, 1.82) is 0 Å². The molecular weight excluding hydrogens is 723 g/mol. The quantitative estimate of drug-likeness (QED) is 0.220. The molecule has 15 heteroatoms. The van der Waals surface area contributed by atoms with E-state index in [4.69, 9.17) is 13.1 Å². The topological polar surface area (TPSA) is 131 Å². The van der Waals surface area contributed by atoms with Crippen LogP contribution < -0.4 is 4.72 Å². The molecular formula is C39H67N9O4S2. The third kappa shape index (κ3) is 12.3. The molecule has 13 nitrogen and oxygen atoms in total. The number of hydrogen-bond donors (Lipinski definition) is 1. The Kier molecular flexibility index (Phi) is 17.2. The van der Waals surface area contributed by atoms with Gasteiger partial charge in [0, 0.05) is 37.6 Å². The van der Waals surface area contributed by atoms with E-state index in [-0.39, 0.29) is 12.3 Å². The Balaban J connectivity index is 0.000000219. The summed E-state index contributed by atoms with van der Waals surface area (Å²) in [6, 6.07) is 1.49. The number of aromatic nitrogens is 4. The molecule has 0 amide bonds. The molecule has 1 saturated heterocycles. The highest BCUT2D eigenvalue weighted by Crippen LogP contribution is 2.35. The fourth-order valence-corrected chi connectivity index (χ4v) is 9.96. The van der Waals surface area contributed by atoms with E-state index >= 15 is 0 Å². The van der Waals surface area contributed by atoms with Gasteiger partial charge in [-0.05, 0) is 108 Å². The zero-order valence-electron chi connectivity index (χ0n) is 34.3. The summed E-state index contributed by atoms with van der Waals surface area (Å²) in [5.74, 6) is 2.26. The van der Waals surface area contributed by atoms with E-state index in [1.807, 2.05) is 17.1 Å². The number of nitrogens with zero attached hydrogens (tertiary/aromatic N) is 8. The zero-order valence-corrected chi connectivity index (χ0v) is 35.9. The third-order valence-electron chi connectivity index (χ3n) is 11.7. The number of hydrogen-bond acceptors (Lipinski definition) is 7. The Bertz CT molecular complexity index is 1740. The van der Waals surface area contributed by atoms with Crippen molar-refractivity contribution in [3.63, 3.8) is 0 Å². The van der Waals surface area contributed by atoms with Crippen LogP contribution in [0.5, 0.6) is 0 Å². The summed E-state index contributed by atoms with van der Waals surface area (Å²) < 4.78 is 54.3. The van der Waals surface area contributed by atoms with Crippen molar-refractivity contribution in [2.24, 2.45) is 11.8 Å². The monoisotopic (exact) mass is 789 g/mol. The molecule has 2 aliphatic carbocycles. The highest BCUT2D eigenvalue weighted by Gasteiger charge is 2.52. The zero-order chi connectivity index (χ0) is 40.3. The smallest absolute Gasteiger partial charge is 0.242 e. The van der Waals surface area contributed by atoms with Gasteiger partial charge in [0.15, 0.2) is 5.54 Å². The second-order valence-corrected chi connectivity index (χ2v) is 20.6. The lowest BCUT2D eigenvalue weighted by atomic mass is 9.86. The Morgan fingerprint density at radius 3 is 1.93 bits per heavy atom. The highest BCUT2D eigenvalue weighted by molar-refractivity contribution is 7.89. The molecule has 0 bridgehead atoms. The lowest BCUT2D eigenvalue weighted by Gasteiger charge is -2.45. The van der Waals surface area contributed by atoms with E-state index in [2.05, 4.69) is 84.3 Å². The standard InChI is InChI=1S/C14H21N3.C13H20N4O2S.C12H26N2O2S/c1-11(2)13-8-16-17(10-13)14(9-15-3)12-6-4-5-7-12;1-5-20(18,19)16-9-13(10-16,8-14-4)17-7-12(6-15-17)11(2)3;1-10(2)14(4)12-7-5-11(6-8-12)9-17(15,16)13-3/h8,10-12,14H,4-7,9H2,1-2H3;6-7,11H,5,8-10H2,1-3H3;10-13H,5-9H2,1-4H3/t14-;;/m1../s1. The van der Waals surface area contributed by atoms with Crippen LogP contribution >= 0.6 is 0 Å². The Hall–Kier alpha value is -2.82. The maximum absolute atomic E-state index is 11.8. The molecule has 5 rings (SSSR count). The predicted molar refractivity (Wildman–Crippen MR) is 217 cm³/mol. The van der Waals surface area contributed by atoms with Gasteiger partial charge < -0.3 is 14.6 Å². The van der Waals surface area contributed by atoms with Gasteiger partial charge in [-0.25, -0.2) is 34.7 Å². The van der Waals surface area contributed by atoms with E-state index in [1.165, 1.54) is 42.6 Å². The maximum Gasteiger partial charge on any atom is 0.242 e. The summed E-state index contributed by atoms with van der Waals surface area (Å²) >= 11 is 0. The van der Waals surface area contributed by atoms with E-state index < -0.39 is 25.6 Å². The highest BCUT2D eigenvalue weighted by atomic mass is 32.2.